The highest BCUT2D eigenvalue weighted by molar-refractivity contribution is 9.10. The third-order valence-electron chi connectivity index (χ3n) is 3.29. The van der Waals surface area contributed by atoms with Crippen LogP contribution in [-0.2, 0) is 0 Å². The zero-order chi connectivity index (χ0) is 13.5. The largest absolute Gasteiger partial charge is 0.489 e. The van der Waals surface area contributed by atoms with Gasteiger partial charge in [0.05, 0.1) is 11.3 Å². The van der Waals surface area contributed by atoms with E-state index in [4.69, 9.17) is 4.74 Å². The van der Waals surface area contributed by atoms with Gasteiger partial charge >= 0.3 is 0 Å². The Kier molecular flexibility index (Phi) is 2.63. The van der Waals surface area contributed by atoms with Gasteiger partial charge in [-0.15, -0.1) is 10.2 Å². The Balaban J connectivity index is 1.97. The Morgan fingerprint density at radius 3 is 3.10 bits per heavy atom. The van der Waals surface area contributed by atoms with Gasteiger partial charge in [-0.1, -0.05) is 6.07 Å². The van der Waals surface area contributed by atoms with E-state index in [9.17, 15) is 0 Å². The highest BCUT2D eigenvalue weighted by atomic mass is 79.9. The number of pyridine rings is 1. The van der Waals surface area contributed by atoms with Gasteiger partial charge < -0.3 is 10.1 Å². The summed E-state index contributed by atoms with van der Waals surface area (Å²) >= 11 is 3.48. The number of hydrogen-bond donors (Lipinski definition) is 1. The number of nitrogens with zero attached hydrogens (tertiary/aromatic N) is 3. The molecule has 0 bridgehead atoms. The normalized spacial score (nSPS) is 13.7. The maximum Gasteiger partial charge on any atom is 0.172 e. The molecule has 1 aromatic carbocycles. The van der Waals surface area contributed by atoms with Crippen LogP contribution in [0, 0.1) is 0 Å². The maximum atomic E-state index is 5.80. The lowest BCUT2D eigenvalue weighted by atomic mass is 10.1. The molecular weight excluding hydrogens is 320 g/mol. The Morgan fingerprint density at radius 1 is 1.20 bits per heavy atom. The maximum absolute atomic E-state index is 5.80. The van der Waals surface area contributed by atoms with E-state index in [0.29, 0.717) is 6.61 Å². The summed E-state index contributed by atoms with van der Waals surface area (Å²) in [5.41, 5.74) is 2.75. The number of benzene rings is 1. The van der Waals surface area contributed by atoms with Gasteiger partial charge in [0.2, 0.25) is 0 Å². The molecular formula is C14H11BrN4O. The molecule has 2 aromatic heterocycles. The fourth-order valence-electron chi connectivity index (χ4n) is 2.40. The lowest BCUT2D eigenvalue weighted by Crippen LogP contribution is -2.18. The van der Waals surface area contributed by atoms with Crippen LogP contribution >= 0.6 is 15.9 Å². The van der Waals surface area contributed by atoms with Gasteiger partial charge in [-0.25, -0.2) is 0 Å². The number of ether oxygens (including phenoxy) is 1. The first-order valence-corrected chi connectivity index (χ1v) is 7.12. The predicted octanol–water partition coefficient (Wildman–Crippen LogP) is 2.96. The lowest BCUT2D eigenvalue weighted by molar-refractivity contribution is 0.324. The van der Waals surface area contributed by atoms with Crippen molar-refractivity contribution in [2.24, 2.45) is 0 Å². The molecule has 1 aliphatic rings. The Labute approximate surface area is 123 Å². The number of anilines is 1. The van der Waals surface area contributed by atoms with E-state index in [2.05, 4.69) is 31.4 Å². The number of hydrogen-bond acceptors (Lipinski definition) is 4. The van der Waals surface area contributed by atoms with E-state index in [1.807, 2.05) is 40.9 Å². The summed E-state index contributed by atoms with van der Waals surface area (Å²) in [5.74, 6) is 1.62. The number of halogens is 1. The van der Waals surface area contributed by atoms with Crippen molar-refractivity contribution in [1.29, 1.82) is 0 Å². The standard InChI is InChI=1S/C14H11BrN4O/c15-9-4-5-12-17-18-14(19(12)8-9)10-2-1-3-11-13(10)20-7-6-16-11/h1-5,8,16H,6-7H2. The van der Waals surface area contributed by atoms with Crippen LogP contribution in [0.25, 0.3) is 17.0 Å². The highest BCUT2D eigenvalue weighted by Gasteiger charge is 2.18. The first-order chi connectivity index (χ1) is 9.83. The first-order valence-electron chi connectivity index (χ1n) is 6.33. The van der Waals surface area contributed by atoms with E-state index in [0.717, 1.165) is 39.5 Å². The highest BCUT2D eigenvalue weighted by Crippen LogP contribution is 2.37. The predicted molar refractivity (Wildman–Crippen MR) is 80.1 cm³/mol. The molecule has 3 aromatic rings. The van der Waals surface area contributed by atoms with E-state index in [1.54, 1.807) is 0 Å². The topological polar surface area (TPSA) is 51.5 Å². The molecule has 0 radical (unpaired) electrons. The van der Waals surface area contributed by atoms with Crippen LogP contribution < -0.4 is 10.1 Å². The summed E-state index contributed by atoms with van der Waals surface area (Å²) in [4.78, 5) is 0. The summed E-state index contributed by atoms with van der Waals surface area (Å²) in [5, 5.41) is 11.8. The molecule has 3 heterocycles. The molecule has 0 amide bonds. The van der Waals surface area contributed by atoms with Gasteiger partial charge in [0.1, 0.15) is 6.61 Å². The fourth-order valence-corrected chi connectivity index (χ4v) is 2.73. The second kappa shape index (κ2) is 4.49. The van der Waals surface area contributed by atoms with Crippen molar-refractivity contribution >= 4 is 27.3 Å². The molecule has 0 saturated heterocycles. The SMILES string of the molecule is Brc1ccc2nnc(-c3cccc4c3OCCN4)n2c1. The van der Waals surface area contributed by atoms with Crippen molar-refractivity contribution in [1.82, 2.24) is 14.6 Å². The molecule has 20 heavy (non-hydrogen) atoms. The van der Waals surface area contributed by atoms with E-state index >= 15 is 0 Å². The van der Waals surface area contributed by atoms with Crippen molar-refractivity contribution in [3.05, 3.63) is 41.0 Å². The number of rotatable bonds is 1. The third-order valence-corrected chi connectivity index (χ3v) is 3.76. The number of nitrogens with one attached hydrogen (secondary N) is 1. The molecule has 0 atom stereocenters. The fraction of sp³-hybridized carbons (Fsp3) is 0.143. The zero-order valence-corrected chi connectivity index (χ0v) is 12.1. The van der Waals surface area contributed by atoms with Gasteiger partial charge in [-0.05, 0) is 40.2 Å². The Hall–Kier alpha value is -2.08. The molecule has 1 aliphatic heterocycles. The van der Waals surface area contributed by atoms with Crippen molar-refractivity contribution in [2.75, 3.05) is 18.5 Å². The quantitative estimate of drug-likeness (QED) is 0.745. The van der Waals surface area contributed by atoms with Gasteiger partial charge in [-0.2, -0.15) is 0 Å². The van der Waals surface area contributed by atoms with Gasteiger partial charge in [0, 0.05) is 17.2 Å². The zero-order valence-electron chi connectivity index (χ0n) is 10.5. The average molecular weight is 331 g/mol. The van der Waals surface area contributed by atoms with Crippen LogP contribution in [0.5, 0.6) is 5.75 Å². The summed E-state index contributed by atoms with van der Waals surface area (Å²) in [6.45, 7) is 1.48. The van der Waals surface area contributed by atoms with Crippen LogP contribution in [0.3, 0.4) is 0 Å². The Bertz CT molecular complexity index is 799. The lowest BCUT2D eigenvalue weighted by Gasteiger charge is -2.21. The van der Waals surface area contributed by atoms with E-state index in [-0.39, 0.29) is 0 Å². The minimum absolute atomic E-state index is 0.657. The van der Waals surface area contributed by atoms with Gasteiger partial charge in [0.15, 0.2) is 17.2 Å². The third kappa shape index (κ3) is 1.76. The van der Waals surface area contributed by atoms with Gasteiger partial charge in [0.25, 0.3) is 0 Å². The molecule has 100 valence electrons. The summed E-state index contributed by atoms with van der Waals surface area (Å²) in [6, 6.07) is 9.89. The van der Waals surface area contributed by atoms with Gasteiger partial charge in [-0.3, -0.25) is 4.40 Å². The van der Waals surface area contributed by atoms with Crippen molar-refractivity contribution in [3.8, 4) is 17.1 Å². The monoisotopic (exact) mass is 330 g/mol. The first kappa shape index (κ1) is 11.7. The number of fused-ring (bicyclic) bond motifs is 2. The van der Waals surface area contributed by atoms with Crippen molar-refractivity contribution in [3.63, 3.8) is 0 Å². The second-order valence-electron chi connectivity index (χ2n) is 4.56. The smallest absolute Gasteiger partial charge is 0.172 e. The average Bonchev–Trinajstić information content (AvgIpc) is 2.89. The molecule has 0 unspecified atom stereocenters. The van der Waals surface area contributed by atoms with Crippen LogP contribution in [0.2, 0.25) is 0 Å². The molecule has 5 nitrogen and oxygen atoms in total. The van der Waals surface area contributed by atoms with Crippen molar-refractivity contribution < 1.29 is 4.74 Å². The molecule has 0 spiro atoms. The van der Waals surface area contributed by atoms with E-state index in [1.165, 1.54) is 0 Å². The Morgan fingerprint density at radius 2 is 2.15 bits per heavy atom. The molecule has 6 heteroatoms. The molecule has 1 N–H and O–H groups in total. The summed E-state index contributed by atoms with van der Waals surface area (Å²) < 4.78 is 8.74. The molecule has 0 aliphatic carbocycles. The second-order valence-corrected chi connectivity index (χ2v) is 5.47. The number of aromatic nitrogens is 3. The summed E-state index contributed by atoms with van der Waals surface area (Å²) in [7, 11) is 0. The molecule has 4 rings (SSSR count). The van der Waals surface area contributed by atoms with Crippen molar-refractivity contribution in [2.45, 2.75) is 0 Å². The number of para-hydroxylation sites is 1. The van der Waals surface area contributed by atoms with Crippen LogP contribution in [0.1, 0.15) is 0 Å². The molecule has 0 saturated carbocycles. The van der Waals surface area contributed by atoms with Crippen LogP contribution in [0.15, 0.2) is 41.0 Å². The van der Waals surface area contributed by atoms with Crippen LogP contribution in [0.4, 0.5) is 5.69 Å². The molecule has 0 fully saturated rings. The minimum Gasteiger partial charge on any atom is -0.489 e. The summed E-state index contributed by atoms with van der Waals surface area (Å²) in [6.07, 6.45) is 1.96. The van der Waals surface area contributed by atoms with E-state index < -0.39 is 0 Å². The van der Waals surface area contributed by atoms with Crippen LogP contribution in [-0.4, -0.2) is 27.7 Å². The minimum atomic E-state index is 0.657.